The molecule has 0 saturated carbocycles. The Hall–Kier alpha value is -3.06. The summed E-state index contributed by atoms with van der Waals surface area (Å²) in [4.78, 5) is 27.8. The number of nitrogens with one attached hydrogen (secondary N) is 1. The van der Waals surface area contributed by atoms with E-state index in [1.807, 2.05) is 43.3 Å². The SMILES string of the molecule is COc1ccc(CNC(=O)C(C)N2CCC(C(=O)c3ccc4c(c3)OCCO4)CC2)cc1. The Labute approximate surface area is 188 Å². The number of carbonyl (C=O) groups excluding carboxylic acids is 2. The van der Waals surface area contributed by atoms with E-state index in [0.717, 1.165) is 37.2 Å². The molecule has 2 heterocycles. The minimum absolute atomic E-state index is 0.00238. The van der Waals surface area contributed by atoms with Gasteiger partial charge in [-0.05, 0) is 68.8 Å². The Balaban J connectivity index is 1.27. The van der Waals surface area contributed by atoms with Gasteiger partial charge in [-0.3, -0.25) is 14.5 Å². The third-order valence-corrected chi connectivity index (χ3v) is 6.28. The van der Waals surface area contributed by atoms with Gasteiger partial charge >= 0.3 is 0 Å². The van der Waals surface area contributed by atoms with Crippen LogP contribution in [0.5, 0.6) is 17.2 Å². The van der Waals surface area contributed by atoms with Gasteiger partial charge in [0.05, 0.1) is 13.2 Å². The molecule has 0 aliphatic carbocycles. The molecule has 2 aliphatic rings. The summed E-state index contributed by atoms with van der Waals surface area (Å²) >= 11 is 0. The average molecular weight is 439 g/mol. The number of methoxy groups -OCH3 is 1. The van der Waals surface area contributed by atoms with Crippen molar-refractivity contribution in [2.75, 3.05) is 33.4 Å². The first-order valence-electron chi connectivity index (χ1n) is 11.1. The highest BCUT2D eigenvalue weighted by Crippen LogP contribution is 2.32. The van der Waals surface area contributed by atoms with Gasteiger partial charge in [0.1, 0.15) is 19.0 Å². The maximum absolute atomic E-state index is 13.0. The second-order valence-corrected chi connectivity index (χ2v) is 8.27. The molecule has 1 N–H and O–H groups in total. The van der Waals surface area contributed by atoms with Crippen LogP contribution in [0, 0.1) is 5.92 Å². The van der Waals surface area contributed by atoms with Crippen molar-refractivity contribution in [3.8, 4) is 17.2 Å². The first-order chi connectivity index (χ1) is 15.5. The number of fused-ring (bicyclic) bond motifs is 1. The van der Waals surface area contributed by atoms with E-state index < -0.39 is 0 Å². The highest BCUT2D eigenvalue weighted by atomic mass is 16.6. The third kappa shape index (κ3) is 5.05. The molecule has 7 nitrogen and oxygen atoms in total. The zero-order valence-corrected chi connectivity index (χ0v) is 18.6. The van der Waals surface area contributed by atoms with Crippen molar-refractivity contribution < 1.29 is 23.8 Å². The molecule has 170 valence electrons. The Morgan fingerprint density at radius 2 is 1.75 bits per heavy atom. The van der Waals surface area contributed by atoms with Crippen molar-refractivity contribution in [3.05, 3.63) is 53.6 Å². The Morgan fingerprint density at radius 3 is 2.44 bits per heavy atom. The van der Waals surface area contributed by atoms with E-state index in [-0.39, 0.29) is 23.7 Å². The number of piperidine rings is 1. The molecule has 4 rings (SSSR count). The number of hydrogen-bond acceptors (Lipinski definition) is 6. The van der Waals surface area contributed by atoms with Crippen LogP contribution in [0.2, 0.25) is 0 Å². The van der Waals surface area contributed by atoms with Crippen molar-refractivity contribution >= 4 is 11.7 Å². The minimum atomic E-state index is -0.237. The number of ketones is 1. The number of hydrogen-bond donors (Lipinski definition) is 1. The molecule has 32 heavy (non-hydrogen) atoms. The molecular weight excluding hydrogens is 408 g/mol. The zero-order chi connectivity index (χ0) is 22.5. The summed E-state index contributed by atoms with van der Waals surface area (Å²) in [6.45, 7) is 4.88. The summed E-state index contributed by atoms with van der Waals surface area (Å²) in [5.74, 6) is 2.22. The van der Waals surface area contributed by atoms with Crippen molar-refractivity contribution in [2.45, 2.75) is 32.4 Å². The molecule has 0 radical (unpaired) electrons. The van der Waals surface area contributed by atoms with Crippen LogP contribution < -0.4 is 19.5 Å². The molecule has 2 aromatic carbocycles. The summed E-state index contributed by atoms with van der Waals surface area (Å²) in [6.07, 6.45) is 1.48. The molecule has 2 aliphatic heterocycles. The van der Waals surface area contributed by atoms with E-state index >= 15 is 0 Å². The summed E-state index contributed by atoms with van der Waals surface area (Å²) in [6, 6.07) is 12.8. The van der Waals surface area contributed by atoms with Crippen LogP contribution in [0.4, 0.5) is 0 Å². The predicted molar refractivity (Wildman–Crippen MR) is 120 cm³/mol. The molecule has 7 heteroatoms. The van der Waals surface area contributed by atoms with Crippen molar-refractivity contribution in [1.29, 1.82) is 0 Å². The number of benzene rings is 2. The van der Waals surface area contributed by atoms with Gasteiger partial charge in [0, 0.05) is 18.0 Å². The number of amides is 1. The minimum Gasteiger partial charge on any atom is -0.497 e. The van der Waals surface area contributed by atoms with Crippen LogP contribution in [0.1, 0.15) is 35.7 Å². The maximum Gasteiger partial charge on any atom is 0.237 e. The smallest absolute Gasteiger partial charge is 0.237 e. The fourth-order valence-corrected chi connectivity index (χ4v) is 4.23. The quantitative estimate of drug-likeness (QED) is 0.670. The third-order valence-electron chi connectivity index (χ3n) is 6.28. The largest absolute Gasteiger partial charge is 0.497 e. The molecular formula is C25H30N2O5. The van der Waals surface area contributed by atoms with Crippen LogP contribution >= 0.6 is 0 Å². The topological polar surface area (TPSA) is 77.1 Å². The summed E-state index contributed by atoms with van der Waals surface area (Å²) in [5, 5.41) is 3.01. The molecule has 1 amide bonds. The van der Waals surface area contributed by atoms with E-state index in [4.69, 9.17) is 14.2 Å². The van der Waals surface area contributed by atoms with Crippen LogP contribution in [0.25, 0.3) is 0 Å². The van der Waals surface area contributed by atoms with Crippen LogP contribution in [0.15, 0.2) is 42.5 Å². The lowest BCUT2D eigenvalue weighted by Crippen LogP contribution is -2.48. The van der Waals surface area contributed by atoms with Gasteiger partial charge in [-0.25, -0.2) is 0 Å². The fraction of sp³-hybridized carbons (Fsp3) is 0.440. The van der Waals surface area contributed by atoms with Gasteiger partial charge in [0.25, 0.3) is 0 Å². The lowest BCUT2D eigenvalue weighted by atomic mass is 9.88. The molecule has 1 saturated heterocycles. The first-order valence-corrected chi connectivity index (χ1v) is 11.1. The van der Waals surface area contributed by atoms with Crippen LogP contribution in [0.3, 0.4) is 0 Å². The highest BCUT2D eigenvalue weighted by Gasteiger charge is 2.30. The fourth-order valence-electron chi connectivity index (χ4n) is 4.23. The van der Waals surface area contributed by atoms with Gasteiger partial charge in [-0.15, -0.1) is 0 Å². The van der Waals surface area contributed by atoms with E-state index in [0.29, 0.717) is 36.8 Å². The Bertz CT molecular complexity index is 951. The molecule has 0 spiro atoms. The maximum atomic E-state index is 13.0. The molecule has 2 aromatic rings. The monoisotopic (exact) mass is 438 g/mol. The number of rotatable bonds is 7. The van der Waals surface area contributed by atoms with Crippen molar-refractivity contribution in [3.63, 3.8) is 0 Å². The molecule has 1 atom stereocenters. The summed E-state index contributed by atoms with van der Waals surface area (Å²) in [5.41, 5.74) is 1.69. The lowest BCUT2D eigenvalue weighted by molar-refractivity contribution is -0.126. The number of nitrogens with zero attached hydrogens (tertiary/aromatic N) is 1. The molecule has 0 aromatic heterocycles. The van der Waals surface area contributed by atoms with E-state index in [2.05, 4.69) is 10.2 Å². The zero-order valence-electron chi connectivity index (χ0n) is 18.6. The number of carbonyl (C=O) groups is 2. The average Bonchev–Trinajstić information content (AvgIpc) is 2.86. The summed E-state index contributed by atoms with van der Waals surface area (Å²) in [7, 11) is 1.63. The van der Waals surface area contributed by atoms with Crippen molar-refractivity contribution in [2.24, 2.45) is 5.92 Å². The van der Waals surface area contributed by atoms with E-state index in [1.54, 1.807) is 13.2 Å². The lowest BCUT2D eigenvalue weighted by Gasteiger charge is -2.34. The van der Waals surface area contributed by atoms with Gasteiger partial charge < -0.3 is 19.5 Å². The second-order valence-electron chi connectivity index (χ2n) is 8.27. The Kier molecular flexibility index (Phi) is 6.95. The second kappa shape index (κ2) is 10.0. The van der Waals surface area contributed by atoms with Gasteiger partial charge in [0.2, 0.25) is 5.91 Å². The Morgan fingerprint density at radius 1 is 1.06 bits per heavy atom. The molecule has 1 unspecified atom stereocenters. The predicted octanol–water partition coefficient (Wildman–Crippen LogP) is 3.07. The van der Waals surface area contributed by atoms with Gasteiger partial charge in [0.15, 0.2) is 17.3 Å². The first kappa shape index (κ1) is 22.1. The van der Waals surface area contributed by atoms with Crippen LogP contribution in [-0.2, 0) is 11.3 Å². The van der Waals surface area contributed by atoms with Gasteiger partial charge in [-0.2, -0.15) is 0 Å². The van der Waals surface area contributed by atoms with E-state index in [1.165, 1.54) is 0 Å². The number of Topliss-reactive ketones (excluding diaryl/α,β-unsaturated/α-hetero) is 1. The normalized spacial score (nSPS) is 17.4. The highest BCUT2D eigenvalue weighted by molar-refractivity contribution is 5.98. The standard InChI is InChI=1S/C25H30N2O5/c1-17(25(29)26-16-18-3-6-21(30-2)7-4-18)27-11-9-19(10-12-27)24(28)20-5-8-22-23(15-20)32-14-13-31-22/h3-8,15,17,19H,9-14,16H2,1-2H3,(H,26,29). The van der Waals surface area contributed by atoms with E-state index in [9.17, 15) is 9.59 Å². The number of ether oxygens (including phenoxy) is 3. The summed E-state index contributed by atoms with van der Waals surface area (Å²) < 4.78 is 16.3. The molecule has 0 bridgehead atoms. The van der Waals surface area contributed by atoms with Crippen LogP contribution in [-0.4, -0.2) is 56.0 Å². The van der Waals surface area contributed by atoms with Crippen molar-refractivity contribution in [1.82, 2.24) is 10.2 Å². The molecule has 1 fully saturated rings. The van der Waals surface area contributed by atoms with Gasteiger partial charge in [-0.1, -0.05) is 12.1 Å². The number of likely N-dealkylation sites (tertiary alicyclic amines) is 1.